The minimum atomic E-state index is -0.0865. The number of carbonyl (C=O) groups is 1. The van der Waals surface area contributed by atoms with Gasteiger partial charge in [-0.2, -0.15) is 0 Å². The van der Waals surface area contributed by atoms with E-state index in [2.05, 4.69) is 30.3 Å². The maximum atomic E-state index is 11.5. The number of quaternary nitrogens is 2. The van der Waals surface area contributed by atoms with Crippen LogP contribution >= 0.6 is 0 Å². The predicted octanol–water partition coefficient (Wildman–Crippen LogP) is -1.22. The van der Waals surface area contributed by atoms with Crippen LogP contribution in [-0.4, -0.2) is 45.8 Å². The summed E-state index contributed by atoms with van der Waals surface area (Å²) in [5.74, 6) is -0.0813. The Bertz CT molecular complexity index is 414. The average Bonchev–Trinajstić information content (AvgIpc) is 2.49. The maximum Gasteiger partial charge on any atom is 0.314 e. The minimum Gasteiger partial charge on any atom is -0.469 e. The van der Waals surface area contributed by atoms with Crippen molar-refractivity contribution in [1.82, 2.24) is 0 Å². The van der Waals surface area contributed by atoms with Gasteiger partial charge in [-0.25, -0.2) is 0 Å². The average molecular weight is 278 g/mol. The molecule has 0 amide bonds. The first-order chi connectivity index (χ1) is 9.69. The molecule has 20 heavy (non-hydrogen) atoms. The highest BCUT2D eigenvalue weighted by Gasteiger charge is 2.26. The third-order valence-electron chi connectivity index (χ3n) is 4.16. The molecule has 1 heterocycles. The lowest BCUT2D eigenvalue weighted by molar-refractivity contribution is -1.02. The van der Waals surface area contributed by atoms with E-state index in [1.165, 1.54) is 30.7 Å². The lowest BCUT2D eigenvalue weighted by Crippen LogP contribution is -3.27. The van der Waals surface area contributed by atoms with Crippen LogP contribution in [0.25, 0.3) is 0 Å². The van der Waals surface area contributed by atoms with Crippen LogP contribution in [-0.2, 0) is 16.1 Å². The van der Waals surface area contributed by atoms with Crippen LogP contribution in [0, 0.1) is 5.92 Å². The molecule has 4 heteroatoms. The number of piperazine rings is 1. The topological polar surface area (TPSA) is 35.2 Å². The number of rotatable bonds is 5. The molecule has 1 aromatic rings. The van der Waals surface area contributed by atoms with E-state index in [4.69, 9.17) is 4.74 Å². The van der Waals surface area contributed by atoms with E-state index in [1.807, 2.05) is 6.92 Å². The fraction of sp³-hybridized carbons (Fsp3) is 0.562. The van der Waals surface area contributed by atoms with Crippen molar-refractivity contribution >= 4 is 5.97 Å². The number of carbonyl (C=O) groups excluding carboxylic acids is 1. The highest BCUT2D eigenvalue weighted by atomic mass is 16.5. The first-order valence-corrected chi connectivity index (χ1v) is 7.48. The lowest BCUT2D eigenvalue weighted by Gasteiger charge is -2.30. The summed E-state index contributed by atoms with van der Waals surface area (Å²) in [6, 6.07) is 10.7. The molecule has 0 aromatic heterocycles. The van der Waals surface area contributed by atoms with Crippen molar-refractivity contribution in [3.05, 3.63) is 35.9 Å². The van der Waals surface area contributed by atoms with Gasteiger partial charge in [-0.1, -0.05) is 30.3 Å². The normalized spacial score (nSPS) is 24.1. The zero-order valence-corrected chi connectivity index (χ0v) is 12.5. The molecule has 1 aliphatic rings. The summed E-state index contributed by atoms with van der Waals surface area (Å²) >= 11 is 0. The molecule has 0 bridgehead atoms. The van der Waals surface area contributed by atoms with E-state index in [0.29, 0.717) is 0 Å². The Balaban J connectivity index is 1.74. The largest absolute Gasteiger partial charge is 0.469 e. The Hall–Kier alpha value is -1.39. The molecule has 1 saturated heterocycles. The third kappa shape index (κ3) is 4.32. The van der Waals surface area contributed by atoms with E-state index in [-0.39, 0.29) is 11.9 Å². The van der Waals surface area contributed by atoms with Crippen molar-refractivity contribution in [2.24, 2.45) is 5.92 Å². The van der Waals surface area contributed by atoms with Gasteiger partial charge in [-0.15, -0.1) is 0 Å². The van der Waals surface area contributed by atoms with Crippen LogP contribution in [0.3, 0.4) is 0 Å². The summed E-state index contributed by atoms with van der Waals surface area (Å²) in [6.07, 6.45) is 0. The van der Waals surface area contributed by atoms with Crippen molar-refractivity contribution in [3.63, 3.8) is 0 Å². The van der Waals surface area contributed by atoms with Gasteiger partial charge in [-0.3, -0.25) is 4.79 Å². The molecule has 0 spiro atoms. The van der Waals surface area contributed by atoms with Gasteiger partial charge in [0, 0.05) is 5.56 Å². The summed E-state index contributed by atoms with van der Waals surface area (Å²) in [6.45, 7) is 8.61. The molecule has 1 atom stereocenters. The molecule has 110 valence electrons. The van der Waals surface area contributed by atoms with Gasteiger partial charge >= 0.3 is 5.97 Å². The molecule has 1 aliphatic heterocycles. The summed E-state index contributed by atoms with van der Waals surface area (Å²) in [5, 5.41) is 0. The summed E-state index contributed by atoms with van der Waals surface area (Å²) in [4.78, 5) is 14.6. The summed E-state index contributed by atoms with van der Waals surface area (Å²) in [5.41, 5.74) is 1.41. The molecule has 1 aromatic carbocycles. The van der Waals surface area contributed by atoms with Gasteiger partial charge in [0.2, 0.25) is 0 Å². The number of esters is 1. The first-order valence-electron chi connectivity index (χ1n) is 7.48. The van der Waals surface area contributed by atoms with E-state index >= 15 is 0 Å². The maximum absolute atomic E-state index is 11.5. The van der Waals surface area contributed by atoms with Crippen LogP contribution in [0.15, 0.2) is 30.3 Å². The number of nitrogens with one attached hydrogen (secondary N) is 2. The third-order valence-corrected chi connectivity index (χ3v) is 4.16. The second-order valence-corrected chi connectivity index (χ2v) is 5.79. The van der Waals surface area contributed by atoms with Crippen molar-refractivity contribution in [2.45, 2.75) is 13.5 Å². The number of methoxy groups -OCH3 is 1. The summed E-state index contributed by atoms with van der Waals surface area (Å²) < 4.78 is 4.80. The highest BCUT2D eigenvalue weighted by Crippen LogP contribution is 1.95. The number of benzene rings is 1. The fourth-order valence-electron chi connectivity index (χ4n) is 2.94. The molecule has 2 N–H and O–H groups in total. The molecule has 0 unspecified atom stereocenters. The zero-order valence-electron chi connectivity index (χ0n) is 12.5. The Labute approximate surface area is 121 Å². The predicted molar refractivity (Wildman–Crippen MR) is 77.6 cm³/mol. The molecular weight excluding hydrogens is 252 g/mol. The van der Waals surface area contributed by atoms with E-state index in [9.17, 15) is 4.79 Å². The number of ether oxygens (including phenoxy) is 1. The van der Waals surface area contributed by atoms with Gasteiger partial charge in [0.25, 0.3) is 0 Å². The minimum absolute atomic E-state index is 0.00525. The van der Waals surface area contributed by atoms with Gasteiger partial charge in [0.15, 0.2) is 0 Å². The summed E-state index contributed by atoms with van der Waals surface area (Å²) in [7, 11) is 1.47. The number of hydrogen-bond donors (Lipinski definition) is 2. The SMILES string of the molecule is COC(=O)[C@H](C)C[NH+]1CC[NH+](Cc2ccccc2)CC1. The van der Waals surface area contributed by atoms with Gasteiger partial charge in [0.05, 0.1) is 13.7 Å². The van der Waals surface area contributed by atoms with E-state index in [1.54, 1.807) is 4.90 Å². The Morgan fingerprint density at radius 1 is 1.15 bits per heavy atom. The molecular formula is C16H26N2O2+2. The van der Waals surface area contributed by atoms with Crippen LogP contribution < -0.4 is 9.80 Å². The lowest BCUT2D eigenvalue weighted by atomic mass is 10.1. The van der Waals surface area contributed by atoms with Crippen molar-refractivity contribution < 1.29 is 19.3 Å². The fourth-order valence-corrected chi connectivity index (χ4v) is 2.94. The van der Waals surface area contributed by atoms with Crippen molar-refractivity contribution in [2.75, 3.05) is 39.8 Å². The standard InChI is InChI=1S/C16H24N2O2/c1-14(16(19)20-2)12-17-8-10-18(11-9-17)13-15-6-4-3-5-7-15/h3-7,14H,8-13H2,1-2H3/p+2/t14-/m1/s1. The van der Waals surface area contributed by atoms with Gasteiger partial charge < -0.3 is 14.5 Å². The highest BCUT2D eigenvalue weighted by molar-refractivity contribution is 5.71. The monoisotopic (exact) mass is 278 g/mol. The van der Waals surface area contributed by atoms with Crippen LogP contribution in [0.4, 0.5) is 0 Å². The van der Waals surface area contributed by atoms with Gasteiger partial charge in [-0.05, 0) is 6.92 Å². The quantitative estimate of drug-likeness (QED) is 0.662. The van der Waals surface area contributed by atoms with Crippen molar-refractivity contribution in [3.8, 4) is 0 Å². The second kappa shape index (κ2) is 7.41. The Morgan fingerprint density at radius 3 is 2.35 bits per heavy atom. The molecule has 4 nitrogen and oxygen atoms in total. The smallest absolute Gasteiger partial charge is 0.314 e. The van der Waals surface area contributed by atoms with E-state index < -0.39 is 0 Å². The first kappa shape index (κ1) is 15.0. The van der Waals surface area contributed by atoms with E-state index in [0.717, 1.165) is 26.2 Å². The van der Waals surface area contributed by atoms with Crippen molar-refractivity contribution in [1.29, 1.82) is 0 Å². The number of hydrogen-bond acceptors (Lipinski definition) is 2. The Kier molecular flexibility index (Phi) is 5.56. The Morgan fingerprint density at radius 2 is 1.75 bits per heavy atom. The molecule has 0 aliphatic carbocycles. The molecule has 2 rings (SSSR count). The van der Waals surface area contributed by atoms with Crippen LogP contribution in [0.5, 0.6) is 0 Å². The van der Waals surface area contributed by atoms with Crippen LogP contribution in [0.1, 0.15) is 12.5 Å². The zero-order chi connectivity index (χ0) is 14.4. The molecule has 0 radical (unpaired) electrons. The van der Waals surface area contributed by atoms with Gasteiger partial charge in [0.1, 0.15) is 38.6 Å². The molecule has 1 fully saturated rings. The molecule has 0 saturated carbocycles. The van der Waals surface area contributed by atoms with Crippen LogP contribution in [0.2, 0.25) is 0 Å². The second-order valence-electron chi connectivity index (χ2n) is 5.79.